The lowest BCUT2D eigenvalue weighted by Gasteiger charge is -2.62. The molecule has 1 amide bonds. The minimum absolute atomic E-state index is 0.295. The molecule has 1 spiro atoms. The van der Waals surface area contributed by atoms with E-state index in [0.717, 1.165) is 56.9 Å². The largest absolute Gasteiger partial charge is 0.341 e. The van der Waals surface area contributed by atoms with Crippen LogP contribution < -0.4 is 0 Å². The van der Waals surface area contributed by atoms with Crippen LogP contribution in [0.2, 0.25) is 0 Å². The van der Waals surface area contributed by atoms with E-state index >= 15 is 0 Å². The molecule has 0 N–H and O–H groups in total. The van der Waals surface area contributed by atoms with E-state index in [1.807, 2.05) is 0 Å². The number of amides is 1. The fraction of sp³-hybridized carbons (Fsp3) is 0.957. The molecule has 4 nitrogen and oxygen atoms in total. The van der Waals surface area contributed by atoms with Crippen molar-refractivity contribution in [1.29, 1.82) is 0 Å². The third kappa shape index (κ3) is 3.94. The van der Waals surface area contributed by atoms with Gasteiger partial charge in [-0.3, -0.25) is 4.79 Å². The normalized spacial score (nSPS) is 28.7. The monoisotopic (exact) mass is 375 g/mol. The van der Waals surface area contributed by atoms with Gasteiger partial charge >= 0.3 is 0 Å². The Balaban J connectivity index is 1.17. The van der Waals surface area contributed by atoms with Crippen LogP contribution in [-0.2, 0) is 4.79 Å². The molecule has 0 aromatic heterocycles. The van der Waals surface area contributed by atoms with Crippen LogP contribution >= 0.6 is 0 Å². The molecule has 0 radical (unpaired) electrons. The second kappa shape index (κ2) is 7.67. The van der Waals surface area contributed by atoms with E-state index < -0.39 is 0 Å². The lowest BCUT2D eigenvalue weighted by molar-refractivity contribution is -0.164. The highest BCUT2D eigenvalue weighted by Gasteiger charge is 2.55. The lowest BCUT2D eigenvalue weighted by Crippen LogP contribution is -2.68. The topological polar surface area (TPSA) is 26.8 Å². The summed E-state index contributed by atoms with van der Waals surface area (Å²) < 4.78 is 0. The summed E-state index contributed by atoms with van der Waals surface area (Å²) in [7, 11) is 0. The van der Waals surface area contributed by atoms with Crippen molar-refractivity contribution in [2.24, 2.45) is 23.2 Å². The zero-order valence-electron chi connectivity index (χ0n) is 18.1. The number of likely N-dealkylation sites (tertiary alicyclic amines) is 3. The van der Waals surface area contributed by atoms with Crippen LogP contribution in [-0.4, -0.2) is 72.0 Å². The molecule has 0 aromatic carbocycles. The van der Waals surface area contributed by atoms with E-state index in [-0.39, 0.29) is 0 Å². The molecule has 27 heavy (non-hydrogen) atoms. The minimum Gasteiger partial charge on any atom is -0.341 e. The van der Waals surface area contributed by atoms with E-state index in [2.05, 4.69) is 42.4 Å². The first-order valence-corrected chi connectivity index (χ1v) is 11.6. The average Bonchev–Trinajstić information content (AvgIpc) is 2.59. The number of rotatable bonds is 4. The predicted molar refractivity (Wildman–Crippen MR) is 111 cm³/mol. The fourth-order valence-corrected chi connectivity index (χ4v) is 6.25. The van der Waals surface area contributed by atoms with Gasteiger partial charge in [-0.2, -0.15) is 0 Å². The molecule has 3 heterocycles. The molecule has 4 aliphatic rings. The van der Waals surface area contributed by atoms with Gasteiger partial charge in [0.05, 0.1) is 0 Å². The number of nitrogens with zero attached hydrogens (tertiary/aromatic N) is 3. The molecule has 3 aliphatic heterocycles. The molecule has 4 fully saturated rings. The Morgan fingerprint density at radius 1 is 0.889 bits per heavy atom. The van der Waals surface area contributed by atoms with Gasteiger partial charge < -0.3 is 14.7 Å². The molecular formula is C23H41N3O. The van der Waals surface area contributed by atoms with Crippen LogP contribution in [0, 0.1) is 23.2 Å². The van der Waals surface area contributed by atoms with Crippen LogP contribution in [0.4, 0.5) is 0 Å². The second-order valence-corrected chi connectivity index (χ2v) is 10.8. The first-order chi connectivity index (χ1) is 12.9. The number of piperidine rings is 2. The third-order valence-electron chi connectivity index (χ3n) is 8.34. The molecule has 3 saturated heterocycles. The molecule has 1 aliphatic carbocycles. The fourth-order valence-electron chi connectivity index (χ4n) is 6.25. The summed E-state index contributed by atoms with van der Waals surface area (Å²) >= 11 is 0. The van der Waals surface area contributed by atoms with Crippen LogP contribution in [0.15, 0.2) is 0 Å². The van der Waals surface area contributed by atoms with Crippen LogP contribution in [0.3, 0.4) is 0 Å². The summed E-state index contributed by atoms with van der Waals surface area (Å²) in [5, 5.41) is 0. The number of carbonyl (C=O) groups excluding carboxylic acids is 1. The van der Waals surface area contributed by atoms with Gasteiger partial charge in [0, 0.05) is 36.5 Å². The predicted octanol–water partition coefficient (Wildman–Crippen LogP) is 3.47. The van der Waals surface area contributed by atoms with Gasteiger partial charge in [-0.15, -0.1) is 0 Å². The summed E-state index contributed by atoms with van der Waals surface area (Å²) in [5.74, 6) is 2.54. The molecule has 1 saturated carbocycles. The van der Waals surface area contributed by atoms with Gasteiger partial charge in [-0.25, -0.2) is 0 Å². The lowest BCUT2D eigenvalue weighted by atomic mass is 9.59. The SMILES string of the molecule is CC(C)C1CCN(C2CC3(C2)CN(C(=O)C2CCN(C(C)C)CC2)C3)CC1. The molecule has 0 unspecified atom stereocenters. The van der Waals surface area contributed by atoms with Gasteiger partial charge in [0.2, 0.25) is 5.91 Å². The molecule has 0 aromatic rings. The third-order valence-corrected chi connectivity index (χ3v) is 8.34. The second-order valence-electron chi connectivity index (χ2n) is 10.8. The zero-order chi connectivity index (χ0) is 19.2. The summed E-state index contributed by atoms with van der Waals surface area (Å²) in [6, 6.07) is 1.43. The molecule has 4 heteroatoms. The Hall–Kier alpha value is -0.610. The maximum Gasteiger partial charge on any atom is 0.225 e. The highest BCUT2D eigenvalue weighted by molar-refractivity contribution is 5.80. The maximum atomic E-state index is 12.9. The first kappa shape index (κ1) is 19.7. The van der Waals surface area contributed by atoms with E-state index in [9.17, 15) is 4.79 Å². The van der Waals surface area contributed by atoms with Crippen molar-refractivity contribution in [2.75, 3.05) is 39.3 Å². The van der Waals surface area contributed by atoms with E-state index in [4.69, 9.17) is 0 Å². The van der Waals surface area contributed by atoms with Gasteiger partial charge in [0.25, 0.3) is 0 Å². The molecule has 154 valence electrons. The van der Waals surface area contributed by atoms with Crippen LogP contribution in [0.1, 0.15) is 66.2 Å². The Kier molecular flexibility index (Phi) is 5.59. The van der Waals surface area contributed by atoms with E-state index in [1.54, 1.807) is 0 Å². The molecule has 0 atom stereocenters. The van der Waals surface area contributed by atoms with Gasteiger partial charge in [-0.1, -0.05) is 13.8 Å². The number of hydrogen-bond acceptors (Lipinski definition) is 3. The zero-order valence-corrected chi connectivity index (χ0v) is 18.1. The van der Waals surface area contributed by atoms with E-state index in [0.29, 0.717) is 23.3 Å². The standard InChI is InChI=1S/C23H41N3O/c1-17(2)19-5-11-25(12-6-19)21-13-23(14-21)15-26(16-23)22(27)20-7-9-24(10-8-20)18(3)4/h17-21H,5-16H2,1-4H3. The van der Waals surface area contributed by atoms with Crippen molar-refractivity contribution >= 4 is 5.91 Å². The Labute approximate surface area is 166 Å². The van der Waals surface area contributed by atoms with Crippen molar-refractivity contribution in [1.82, 2.24) is 14.7 Å². The number of carbonyl (C=O) groups is 1. The van der Waals surface area contributed by atoms with E-state index in [1.165, 1.54) is 38.8 Å². The van der Waals surface area contributed by atoms with Crippen molar-refractivity contribution in [3.05, 3.63) is 0 Å². The van der Waals surface area contributed by atoms with Gasteiger partial charge in [0.1, 0.15) is 0 Å². The number of hydrogen-bond donors (Lipinski definition) is 0. The highest BCUT2D eigenvalue weighted by Crippen LogP contribution is 2.51. The quantitative estimate of drug-likeness (QED) is 0.753. The Morgan fingerprint density at radius 2 is 1.48 bits per heavy atom. The average molecular weight is 376 g/mol. The Bertz CT molecular complexity index is 516. The molecular weight excluding hydrogens is 334 g/mol. The first-order valence-electron chi connectivity index (χ1n) is 11.6. The Morgan fingerprint density at radius 3 is 2.00 bits per heavy atom. The van der Waals surface area contributed by atoms with Crippen LogP contribution in [0.25, 0.3) is 0 Å². The summed E-state index contributed by atoms with van der Waals surface area (Å²) in [6.07, 6.45) is 7.59. The maximum absolute atomic E-state index is 12.9. The molecule has 0 bridgehead atoms. The summed E-state index contributed by atoms with van der Waals surface area (Å²) in [5.41, 5.74) is 0.494. The smallest absolute Gasteiger partial charge is 0.225 e. The minimum atomic E-state index is 0.295. The van der Waals surface area contributed by atoms with Crippen molar-refractivity contribution in [2.45, 2.75) is 78.3 Å². The van der Waals surface area contributed by atoms with Crippen molar-refractivity contribution < 1.29 is 4.79 Å². The van der Waals surface area contributed by atoms with Gasteiger partial charge in [-0.05, 0) is 90.4 Å². The highest BCUT2D eigenvalue weighted by atomic mass is 16.2. The summed E-state index contributed by atoms with van der Waals surface area (Å²) in [6.45, 7) is 16.2. The van der Waals surface area contributed by atoms with Gasteiger partial charge in [0.15, 0.2) is 0 Å². The van der Waals surface area contributed by atoms with Crippen molar-refractivity contribution in [3.63, 3.8) is 0 Å². The summed E-state index contributed by atoms with van der Waals surface area (Å²) in [4.78, 5) is 20.3. The van der Waals surface area contributed by atoms with Crippen molar-refractivity contribution in [3.8, 4) is 0 Å². The van der Waals surface area contributed by atoms with Crippen LogP contribution in [0.5, 0.6) is 0 Å². The molecule has 4 rings (SSSR count).